The van der Waals surface area contributed by atoms with Crippen molar-refractivity contribution in [2.75, 3.05) is 38.7 Å². The summed E-state index contributed by atoms with van der Waals surface area (Å²) in [7, 11) is 1.60. The number of aromatic nitrogens is 2. The zero-order valence-electron chi connectivity index (χ0n) is 16.7. The first-order valence-corrected chi connectivity index (χ1v) is 10.3. The third-order valence-corrected chi connectivity index (χ3v) is 5.60. The number of halogens is 2. The van der Waals surface area contributed by atoms with Crippen molar-refractivity contribution in [2.24, 2.45) is 0 Å². The molecular weight excluding hydrogens is 427 g/mol. The molecule has 158 valence electrons. The summed E-state index contributed by atoms with van der Waals surface area (Å²) in [5, 5.41) is 8.32. The molecule has 0 aliphatic carbocycles. The van der Waals surface area contributed by atoms with Crippen LogP contribution in [0.4, 0.5) is 11.5 Å². The van der Waals surface area contributed by atoms with Gasteiger partial charge in [-0.3, -0.25) is 0 Å². The Labute approximate surface area is 184 Å². The molecule has 1 aromatic heterocycles. The van der Waals surface area contributed by atoms with Crippen molar-refractivity contribution in [1.82, 2.24) is 15.3 Å². The number of rotatable bonds is 6. The van der Waals surface area contributed by atoms with Crippen LogP contribution in [0, 0.1) is 0 Å². The number of hydrogen-bond donors (Lipinski definition) is 2. The van der Waals surface area contributed by atoms with Crippen molar-refractivity contribution in [3.63, 3.8) is 0 Å². The molecule has 2 N–H and O–H groups in total. The summed E-state index contributed by atoms with van der Waals surface area (Å²) in [6, 6.07) is 8.99. The third-order valence-electron chi connectivity index (χ3n) is 4.86. The van der Waals surface area contributed by atoms with E-state index in [2.05, 4.69) is 20.6 Å². The molecule has 1 saturated heterocycles. The molecule has 0 spiro atoms. The van der Waals surface area contributed by atoms with Crippen LogP contribution in [0.3, 0.4) is 0 Å². The van der Waals surface area contributed by atoms with E-state index >= 15 is 0 Å². The molecule has 0 radical (unpaired) electrons. The van der Waals surface area contributed by atoms with Gasteiger partial charge in [0, 0.05) is 30.2 Å². The Bertz CT molecular complexity index is 1060. The lowest BCUT2D eigenvalue weighted by atomic mass is 10.1. The molecule has 4 rings (SSSR count). The summed E-state index contributed by atoms with van der Waals surface area (Å²) in [5.41, 5.74) is 1.08. The lowest BCUT2D eigenvalue weighted by Crippen LogP contribution is -2.51. The Balaban J connectivity index is 1.62. The molecule has 3 aromatic rings. The van der Waals surface area contributed by atoms with Gasteiger partial charge in [0.1, 0.15) is 24.4 Å². The summed E-state index contributed by atoms with van der Waals surface area (Å²) in [6.07, 6.45) is 1.49. The largest absolute Gasteiger partial charge is 0.493 e. The summed E-state index contributed by atoms with van der Waals surface area (Å²) in [6.45, 7) is 4.64. The molecule has 7 nitrogen and oxygen atoms in total. The van der Waals surface area contributed by atoms with Gasteiger partial charge in [-0.15, -0.1) is 0 Å². The predicted octanol–water partition coefficient (Wildman–Crippen LogP) is 4.45. The van der Waals surface area contributed by atoms with E-state index in [0.717, 1.165) is 29.7 Å². The fourth-order valence-corrected chi connectivity index (χ4v) is 3.54. The molecule has 2 aromatic carbocycles. The van der Waals surface area contributed by atoms with Crippen LogP contribution < -0.4 is 20.1 Å². The first-order valence-electron chi connectivity index (χ1n) is 9.50. The van der Waals surface area contributed by atoms with E-state index in [1.807, 2.05) is 25.1 Å². The molecule has 1 aliphatic heterocycles. The Morgan fingerprint density at radius 2 is 2.03 bits per heavy atom. The van der Waals surface area contributed by atoms with Gasteiger partial charge in [-0.25, -0.2) is 9.97 Å². The molecule has 0 amide bonds. The number of nitrogens with one attached hydrogen (secondary N) is 2. The van der Waals surface area contributed by atoms with Crippen molar-refractivity contribution < 1.29 is 14.2 Å². The standard InChI is InChI=1S/C21H22Cl2N4O3/c1-21(10-24-5-6-30-21)11-29-19-9-17-14(8-18(19)28-2)20(26-12-25-17)27-13-3-4-15(22)16(23)7-13/h3-4,7-9,12,24H,5-6,10-11H2,1-2H3,(H,25,26,27). The molecule has 1 unspecified atom stereocenters. The van der Waals surface area contributed by atoms with Gasteiger partial charge in [0.2, 0.25) is 0 Å². The van der Waals surface area contributed by atoms with E-state index in [4.69, 9.17) is 37.4 Å². The van der Waals surface area contributed by atoms with Gasteiger partial charge >= 0.3 is 0 Å². The quantitative estimate of drug-likeness (QED) is 0.576. The molecule has 1 atom stereocenters. The number of nitrogens with zero attached hydrogens (tertiary/aromatic N) is 2. The zero-order valence-corrected chi connectivity index (χ0v) is 18.2. The maximum absolute atomic E-state index is 6.12. The highest BCUT2D eigenvalue weighted by molar-refractivity contribution is 6.42. The Kier molecular flexibility index (Phi) is 6.15. The van der Waals surface area contributed by atoms with Crippen LogP contribution in [0.25, 0.3) is 10.9 Å². The van der Waals surface area contributed by atoms with Crippen LogP contribution >= 0.6 is 23.2 Å². The number of morpholine rings is 1. The SMILES string of the molecule is COc1cc2c(Nc3ccc(Cl)c(Cl)c3)ncnc2cc1OCC1(C)CNCCO1. The normalized spacial score (nSPS) is 18.9. The summed E-state index contributed by atoms with van der Waals surface area (Å²) in [4.78, 5) is 8.75. The van der Waals surface area contributed by atoms with Gasteiger partial charge in [-0.05, 0) is 31.2 Å². The average Bonchev–Trinajstić information content (AvgIpc) is 2.75. The Hall–Kier alpha value is -2.32. The molecule has 30 heavy (non-hydrogen) atoms. The third kappa shape index (κ3) is 4.54. The van der Waals surface area contributed by atoms with Crippen LogP contribution in [-0.4, -0.2) is 49.0 Å². The number of ether oxygens (including phenoxy) is 3. The molecular formula is C21H22Cl2N4O3. The molecule has 1 aliphatic rings. The minimum atomic E-state index is -0.398. The van der Waals surface area contributed by atoms with E-state index < -0.39 is 5.60 Å². The lowest BCUT2D eigenvalue weighted by Gasteiger charge is -2.34. The molecule has 1 fully saturated rings. The van der Waals surface area contributed by atoms with E-state index in [1.165, 1.54) is 6.33 Å². The predicted molar refractivity (Wildman–Crippen MR) is 119 cm³/mol. The van der Waals surface area contributed by atoms with Crippen molar-refractivity contribution in [3.8, 4) is 11.5 Å². The fourth-order valence-electron chi connectivity index (χ4n) is 3.24. The van der Waals surface area contributed by atoms with Crippen molar-refractivity contribution in [2.45, 2.75) is 12.5 Å². The van der Waals surface area contributed by atoms with Gasteiger partial charge in [0.25, 0.3) is 0 Å². The van der Waals surface area contributed by atoms with Gasteiger partial charge in [0.05, 0.1) is 29.3 Å². The first-order chi connectivity index (χ1) is 14.5. The van der Waals surface area contributed by atoms with Gasteiger partial charge in [0.15, 0.2) is 11.5 Å². The topological polar surface area (TPSA) is 77.5 Å². The van der Waals surface area contributed by atoms with E-state index in [1.54, 1.807) is 19.2 Å². The second-order valence-electron chi connectivity index (χ2n) is 7.26. The number of methoxy groups -OCH3 is 1. The number of hydrogen-bond acceptors (Lipinski definition) is 7. The maximum Gasteiger partial charge on any atom is 0.163 e. The second-order valence-corrected chi connectivity index (χ2v) is 8.07. The molecule has 9 heteroatoms. The molecule has 2 heterocycles. The highest BCUT2D eigenvalue weighted by atomic mass is 35.5. The van der Waals surface area contributed by atoms with E-state index in [-0.39, 0.29) is 0 Å². The van der Waals surface area contributed by atoms with E-state index in [0.29, 0.717) is 40.6 Å². The number of benzene rings is 2. The Morgan fingerprint density at radius 1 is 1.17 bits per heavy atom. The Morgan fingerprint density at radius 3 is 2.77 bits per heavy atom. The van der Waals surface area contributed by atoms with Crippen molar-refractivity contribution in [1.29, 1.82) is 0 Å². The smallest absolute Gasteiger partial charge is 0.163 e. The number of anilines is 2. The minimum absolute atomic E-state index is 0.390. The van der Waals surface area contributed by atoms with Crippen LogP contribution in [-0.2, 0) is 4.74 Å². The van der Waals surface area contributed by atoms with Crippen molar-refractivity contribution in [3.05, 3.63) is 46.7 Å². The van der Waals surface area contributed by atoms with Gasteiger partial charge < -0.3 is 24.8 Å². The van der Waals surface area contributed by atoms with Crippen LogP contribution in [0.15, 0.2) is 36.7 Å². The summed E-state index contributed by atoms with van der Waals surface area (Å²) >= 11 is 12.1. The highest BCUT2D eigenvalue weighted by Crippen LogP contribution is 2.36. The second kappa shape index (κ2) is 8.81. The number of fused-ring (bicyclic) bond motifs is 1. The van der Waals surface area contributed by atoms with Gasteiger partial charge in [-0.2, -0.15) is 0 Å². The zero-order chi connectivity index (χ0) is 21.1. The van der Waals surface area contributed by atoms with E-state index in [9.17, 15) is 0 Å². The van der Waals surface area contributed by atoms with Gasteiger partial charge in [-0.1, -0.05) is 23.2 Å². The average molecular weight is 449 g/mol. The molecule has 0 bridgehead atoms. The summed E-state index contributed by atoms with van der Waals surface area (Å²) in [5.74, 6) is 1.80. The fraction of sp³-hybridized carbons (Fsp3) is 0.333. The monoisotopic (exact) mass is 448 g/mol. The summed E-state index contributed by atoms with van der Waals surface area (Å²) < 4.78 is 17.5. The first kappa shape index (κ1) is 20.9. The molecule has 0 saturated carbocycles. The van der Waals surface area contributed by atoms with Crippen LogP contribution in [0.1, 0.15) is 6.92 Å². The maximum atomic E-state index is 6.12. The van der Waals surface area contributed by atoms with Crippen LogP contribution in [0.5, 0.6) is 11.5 Å². The minimum Gasteiger partial charge on any atom is -0.493 e. The van der Waals surface area contributed by atoms with Crippen molar-refractivity contribution >= 4 is 45.6 Å². The van der Waals surface area contributed by atoms with Crippen LogP contribution in [0.2, 0.25) is 10.0 Å². The lowest BCUT2D eigenvalue weighted by molar-refractivity contribution is -0.0775. The highest BCUT2D eigenvalue weighted by Gasteiger charge is 2.29.